The van der Waals surface area contributed by atoms with Gasteiger partial charge in [-0.15, -0.1) is 0 Å². The number of aryl methyl sites for hydroxylation is 1. The van der Waals surface area contributed by atoms with E-state index in [4.69, 9.17) is 10.2 Å². The molecule has 0 atom stereocenters. The molecule has 0 radical (unpaired) electrons. The maximum absolute atomic E-state index is 5.89. The zero-order valence-electron chi connectivity index (χ0n) is 10.1. The van der Waals surface area contributed by atoms with Crippen molar-refractivity contribution in [3.63, 3.8) is 0 Å². The molecule has 3 nitrogen and oxygen atoms in total. The minimum Gasteiger partial charge on any atom is -0.465 e. The largest absolute Gasteiger partial charge is 0.465 e. The van der Waals surface area contributed by atoms with Crippen LogP contribution in [0.4, 0.5) is 0 Å². The molecule has 2 rings (SSSR count). The topological polar surface area (TPSA) is 51.2 Å². The van der Waals surface area contributed by atoms with Crippen molar-refractivity contribution in [2.45, 2.75) is 39.2 Å². The van der Waals surface area contributed by atoms with Gasteiger partial charge in [0, 0.05) is 6.54 Å². The first-order chi connectivity index (χ1) is 7.74. The standard InChI is InChI=1S/C13H22N2O/c1-11-4-5-12(16-11)8-15-10-13(9-14)6-2-3-7-13/h4-5,15H,2-3,6-10,14H2,1H3. The Morgan fingerprint density at radius 3 is 2.69 bits per heavy atom. The molecule has 90 valence electrons. The summed E-state index contributed by atoms with van der Waals surface area (Å²) in [7, 11) is 0. The monoisotopic (exact) mass is 222 g/mol. The van der Waals surface area contributed by atoms with Crippen molar-refractivity contribution in [1.82, 2.24) is 5.32 Å². The Balaban J connectivity index is 1.78. The van der Waals surface area contributed by atoms with Gasteiger partial charge in [-0.05, 0) is 43.9 Å². The molecule has 1 heterocycles. The summed E-state index contributed by atoms with van der Waals surface area (Å²) in [6.07, 6.45) is 5.21. The zero-order valence-corrected chi connectivity index (χ0v) is 10.1. The highest BCUT2D eigenvalue weighted by molar-refractivity contribution is 5.05. The van der Waals surface area contributed by atoms with E-state index in [0.717, 1.165) is 31.2 Å². The number of hydrogen-bond acceptors (Lipinski definition) is 3. The smallest absolute Gasteiger partial charge is 0.117 e. The average molecular weight is 222 g/mol. The van der Waals surface area contributed by atoms with Crippen LogP contribution in [0.15, 0.2) is 16.5 Å². The number of furan rings is 1. The van der Waals surface area contributed by atoms with Gasteiger partial charge >= 0.3 is 0 Å². The molecule has 1 saturated carbocycles. The third kappa shape index (κ3) is 2.66. The van der Waals surface area contributed by atoms with E-state index in [1.54, 1.807) is 0 Å². The third-order valence-electron chi connectivity index (χ3n) is 3.69. The molecular weight excluding hydrogens is 200 g/mol. The first kappa shape index (κ1) is 11.7. The molecule has 1 fully saturated rings. The highest BCUT2D eigenvalue weighted by Gasteiger charge is 2.31. The maximum atomic E-state index is 5.89. The Labute approximate surface area is 97.4 Å². The van der Waals surface area contributed by atoms with Gasteiger partial charge in [-0.3, -0.25) is 0 Å². The van der Waals surface area contributed by atoms with Gasteiger partial charge in [0.05, 0.1) is 6.54 Å². The summed E-state index contributed by atoms with van der Waals surface area (Å²) in [4.78, 5) is 0. The molecule has 0 aliphatic heterocycles. The van der Waals surface area contributed by atoms with E-state index in [0.29, 0.717) is 5.41 Å². The molecular formula is C13H22N2O. The van der Waals surface area contributed by atoms with Crippen LogP contribution in [0.3, 0.4) is 0 Å². The van der Waals surface area contributed by atoms with E-state index in [9.17, 15) is 0 Å². The van der Waals surface area contributed by atoms with Gasteiger partial charge in [-0.25, -0.2) is 0 Å². The summed E-state index contributed by atoms with van der Waals surface area (Å²) in [5, 5.41) is 3.47. The third-order valence-corrected chi connectivity index (χ3v) is 3.69. The summed E-state index contributed by atoms with van der Waals surface area (Å²) in [5.74, 6) is 1.99. The summed E-state index contributed by atoms with van der Waals surface area (Å²) in [5.41, 5.74) is 6.24. The van der Waals surface area contributed by atoms with Crippen LogP contribution < -0.4 is 11.1 Å². The summed E-state index contributed by atoms with van der Waals surface area (Å²) in [6.45, 7) is 4.61. The lowest BCUT2D eigenvalue weighted by atomic mass is 9.86. The van der Waals surface area contributed by atoms with Crippen LogP contribution in [0.25, 0.3) is 0 Å². The molecule has 0 amide bonds. The van der Waals surface area contributed by atoms with Crippen molar-refractivity contribution in [3.05, 3.63) is 23.7 Å². The van der Waals surface area contributed by atoms with Crippen molar-refractivity contribution in [3.8, 4) is 0 Å². The van der Waals surface area contributed by atoms with Crippen LogP contribution >= 0.6 is 0 Å². The molecule has 0 spiro atoms. The number of hydrogen-bond donors (Lipinski definition) is 2. The zero-order chi connectivity index (χ0) is 11.4. The van der Waals surface area contributed by atoms with Crippen molar-refractivity contribution in [2.75, 3.05) is 13.1 Å². The van der Waals surface area contributed by atoms with Crippen molar-refractivity contribution < 1.29 is 4.42 Å². The minimum absolute atomic E-state index is 0.349. The van der Waals surface area contributed by atoms with Gasteiger partial charge < -0.3 is 15.5 Å². The van der Waals surface area contributed by atoms with Crippen molar-refractivity contribution in [2.24, 2.45) is 11.1 Å². The lowest BCUT2D eigenvalue weighted by Gasteiger charge is -2.27. The van der Waals surface area contributed by atoms with Crippen LogP contribution in [0.1, 0.15) is 37.2 Å². The van der Waals surface area contributed by atoms with Gasteiger partial charge in [0.15, 0.2) is 0 Å². The second-order valence-electron chi connectivity index (χ2n) is 5.03. The highest BCUT2D eigenvalue weighted by Crippen LogP contribution is 2.36. The highest BCUT2D eigenvalue weighted by atomic mass is 16.3. The van der Waals surface area contributed by atoms with E-state index < -0.39 is 0 Å². The summed E-state index contributed by atoms with van der Waals surface area (Å²) < 4.78 is 5.52. The molecule has 0 bridgehead atoms. The SMILES string of the molecule is Cc1ccc(CNCC2(CN)CCCC2)o1. The van der Waals surface area contributed by atoms with E-state index in [1.807, 2.05) is 19.1 Å². The van der Waals surface area contributed by atoms with Crippen LogP contribution in [0, 0.1) is 12.3 Å². The quantitative estimate of drug-likeness (QED) is 0.803. The molecule has 1 aliphatic rings. The Bertz CT molecular complexity index is 326. The predicted molar refractivity (Wildman–Crippen MR) is 65.1 cm³/mol. The van der Waals surface area contributed by atoms with Gasteiger partial charge in [0.25, 0.3) is 0 Å². The number of rotatable bonds is 5. The van der Waals surface area contributed by atoms with Crippen molar-refractivity contribution >= 4 is 0 Å². The van der Waals surface area contributed by atoms with E-state index >= 15 is 0 Å². The van der Waals surface area contributed by atoms with Crippen LogP contribution in [0.5, 0.6) is 0 Å². The average Bonchev–Trinajstić information content (AvgIpc) is 2.89. The van der Waals surface area contributed by atoms with Gasteiger partial charge in [0.2, 0.25) is 0 Å². The molecule has 0 saturated heterocycles. The lowest BCUT2D eigenvalue weighted by molar-refractivity contribution is 0.285. The Morgan fingerprint density at radius 2 is 2.12 bits per heavy atom. The van der Waals surface area contributed by atoms with E-state index in [1.165, 1.54) is 25.7 Å². The van der Waals surface area contributed by atoms with Crippen LogP contribution in [0.2, 0.25) is 0 Å². The molecule has 3 N–H and O–H groups in total. The fourth-order valence-corrected chi connectivity index (χ4v) is 2.61. The lowest BCUT2D eigenvalue weighted by Crippen LogP contribution is -2.37. The first-order valence-electron chi connectivity index (χ1n) is 6.20. The fraction of sp³-hybridized carbons (Fsp3) is 0.692. The van der Waals surface area contributed by atoms with Gasteiger partial charge in [0.1, 0.15) is 11.5 Å². The molecule has 1 aromatic heterocycles. The second kappa shape index (κ2) is 5.02. The Kier molecular flexibility index (Phi) is 3.66. The number of nitrogens with two attached hydrogens (primary N) is 1. The molecule has 3 heteroatoms. The summed E-state index contributed by atoms with van der Waals surface area (Å²) >= 11 is 0. The normalized spacial score (nSPS) is 19.1. The van der Waals surface area contributed by atoms with Crippen LogP contribution in [-0.2, 0) is 6.54 Å². The predicted octanol–water partition coefficient (Wildman–Crippen LogP) is 2.20. The number of nitrogens with one attached hydrogen (secondary N) is 1. The van der Waals surface area contributed by atoms with E-state index in [-0.39, 0.29) is 0 Å². The molecule has 1 aromatic rings. The van der Waals surface area contributed by atoms with Gasteiger partial charge in [-0.1, -0.05) is 12.8 Å². The molecule has 0 unspecified atom stereocenters. The molecule has 1 aliphatic carbocycles. The first-order valence-corrected chi connectivity index (χ1v) is 6.20. The summed E-state index contributed by atoms with van der Waals surface area (Å²) in [6, 6.07) is 4.04. The Morgan fingerprint density at radius 1 is 1.38 bits per heavy atom. The molecule has 0 aromatic carbocycles. The minimum atomic E-state index is 0.349. The maximum Gasteiger partial charge on any atom is 0.117 e. The van der Waals surface area contributed by atoms with Crippen molar-refractivity contribution in [1.29, 1.82) is 0 Å². The second-order valence-corrected chi connectivity index (χ2v) is 5.03. The Hall–Kier alpha value is -0.800. The van der Waals surface area contributed by atoms with Crippen LogP contribution in [-0.4, -0.2) is 13.1 Å². The molecule has 16 heavy (non-hydrogen) atoms. The fourth-order valence-electron chi connectivity index (χ4n) is 2.61. The van der Waals surface area contributed by atoms with E-state index in [2.05, 4.69) is 5.32 Å². The van der Waals surface area contributed by atoms with Gasteiger partial charge in [-0.2, -0.15) is 0 Å².